The molecular formula is C18H21NO4. The second-order valence-corrected chi connectivity index (χ2v) is 6.61. The zero-order chi connectivity index (χ0) is 16.0. The Bertz CT molecular complexity index is 706. The standard InChI is InChI=1S/C18H21NO4/c1-22-18-7-6-13(20)11-16(18)19(9-8-18)17(21)15-10-12-4-2-3-5-14(12)23-15/h2-5,10,13,16,20H,6-9,11H2,1H3/t13-,16-,18+/m0/s1. The SMILES string of the molecule is CO[C@@]12CC[C@H](O)C[C@@H]1N(C(=O)c1cc3ccccc3o1)CC2. The number of benzene rings is 1. The maximum Gasteiger partial charge on any atom is 0.289 e. The van der Waals surface area contributed by atoms with Crippen LogP contribution in [0.25, 0.3) is 11.0 Å². The van der Waals surface area contributed by atoms with E-state index in [1.54, 1.807) is 13.2 Å². The minimum absolute atomic E-state index is 0.0861. The molecule has 2 heterocycles. The van der Waals surface area contributed by atoms with Gasteiger partial charge in [0.25, 0.3) is 5.91 Å². The molecule has 0 unspecified atom stereocenters. The Morgan fingerprint density at radius 1 is 1.39 bits per heavy atom. The highest BCUT2D eigenvalue weighted by Crippen LogP contribution is 2.43. The molecule has 5 heteroatoms. The van der Waals surface area contributed by atoms with Gasteiger partial charge in [-0.25, -0.2) is 0 Å². The van der Waals surface area contributed by atoms with Gasteiger partial charge < -0.3 is 19.2 Å². The van der Waals surface area contributed by atoms with Crippen molar-refractivity contribution in [3.05, 3.63) is 36.1 Å². The van der Waals surface area contributed by atoms with E-state index in [4.69, 9.17) is 9.15 Å². The van der Waals surface area contributed by atoms with Gasteiger partial charge in [0, 0.05) is 19.0 Å². The summed E-state index contributed by atoms with van der Waals surface area (Å²) in [5, 5.41) is 11.0. The van der Waals surface area contributed by atoms with Crippen molar-refractivity contribution in [3.8, 4) is 0 Å². The molecule has 2 aliphatic rings. The Hall–Kier alpha value is -1.85. The third kappa shape index (κ3) is 2.26. The third-order valence-corrected chi connectivity index (χ3v) is 5.46. The predicted molar refractivity (Wildman–Crippen MR) is 85.3 cm³/mol. The summed E-state index contributed by atoms with van der Waals surface area (Å²) in [4.78, 5) is 14.8. The Balaban J connectivity index is 1.65. The number of nitrogens with zero attached hydrogens (tertiary/aromatic N) is 1. The first-order valence-corrected chi connectivity index (χ1v) is 8.16. The molecule has 0 bridgehead atoms. The van der Waals surface area contributed by atoms with Crippen LogP contribution in [0, 0.1) is 0 Å². The number of aliphatic hydroxyl groups is 1. The fourth-order valence-corrected chi connectivity index (χ4v) is 4.15. The van der Waals surface area contributed by atoms with Gasteiger partial charge in [-0.2, -0.15) is 0 Å². The monoisotopic (exact) mass is 315 g/mol. The number of rotatable bonds is 2. The molecule has 122 valence electrons. The van der Waals surface area contributed by atoms with Gasteiger partial charge in [-0.15, -0.1) is 0 Å². The van der Waals surface area contributed by atoms with Crippen molar-refractivity contribution in [1.82, 2.24) is 4.90 Å². The fourth-order valence-electron chi connectivity index (χ4n) is 4.15. The van der Waals surface area contributed by atoms with Gasteiger partial charge in [0.15, 0.2) is 5.76 Å². The minimum Gasteiger partial charge on any atom is -0.451 e. The van der Waals surface area contributed by atoms with Crippen LogP contribution < -0.4 is 0 Å². The lowest BCUT2D eigenvalue weighted by Gasteiger charge is -2.42. The Labute approximate surface area is 134 Å². The van der Waals surface area contributed by atoms with Crippen molar-refractivity contribution in [2.75, 3.05) is 13.7 Å². The Morgan fingerprint density at radius 3 is 3.00 bits per heavy atom. The lowest BCUT2D eigenvalue weighted by molar-refractivity contribution is -0.0826. The molecule has 4 rings (SSSR count). The summed E-state index contributed by atoms with van der Waals surface area (Å²) in [5.74, 6) is 0.248. The number of furan rings is 1. The van der Waals surface area contributed by atoms with Crippen LogP contribution in [0.3, 0.4) is 0 Å². The van der Waals surface area contributed by atoms with Crippen molar-refractivity contribution >= 4 is 16.9 Å². The van der Waals surface area contributed by atoms with Gasteiger partial charge >= 0.3 is 0 Å². The van der Waals surface area contributed by atoms with Crippen LogP contribution in [-0.4, -0.2) is 47.3 Å². The normalized spacial score (nSPS) is 30.6. The van der Waals surface area contributed by atoms with Gasteiger partial charge in [0.1, 0.15) is 5.58 Å². The number of hydrogen-bond acceptors (Lipinski definition) is 4. The highest BCUT2D eigenvalue weighted by Gasteiger charge is 2.52. The van der Waals surface area contributed by atoms with Crippen LogP contribution in [0.4, 0.5) is 0 Å². The topological polar surface area (TPSA) is 62.9 Å². The zero-order valence-electron chi connectivity index (χ0n) is 13.2. The van der Waals surface area contributed by atoms with Crippen molar-refractivity contribution in [3.63, 3.8) is 0 Å². The minimum atomic E-state index is -0.368. The van der Waals surface area contributed by atoms with Crippen LogP contribution in [0.1, 0.15) is 36.2 Å². The Kier molecular flexibility index (Phi) is 3.43. The number of likely N-dealkylation sites (tertiary alicyclic amines) is 1. The molecule has 1 saturated heterocycles. The number of methoxy groups -OCH3 is 1. The molecule has 1 amide bonds. The highest BCUT2D eigenvalue weighted by atomic mass is 16.5. The van der Waals surface area contributed by atoms with Crippen LogP contribution >= 0.6 is 0 Å². The van der Waals surface area contributed by atoms with E-state index in [-0.39, 0.29) is 23.7 Å². The summed E-state index contributed by atoms with van der Waals surface area (Å²) in [7, 11) is 1.71. The van der Waals surface area contributed by atoms with Crippen molar-refractivity contribution < 1.29 is 19.1 Å². The molecule has 1 aliphatic carbocycles. The van der Waals surface area contributed by atoms with Gasteiger partial charge in [0.2, 0.25) is 0 Å². The largest absolute Gasteiger partial charge is 0.451 e. The molecule has 1 N–H and O–H groups in total. The van der Waals surface area contributed by atoms with Crippen molar-refractivity contribution in [2.24, 2.45) is 0 Å². The first-order valence-electron chi connectivity index (χ1n) is 8.16. The molecule has 23 heavy (non-hydrogen) atoms. The number of carbonyl (C=O) groups is 1. The summed E-state index contributed by atoms with van der Waals surface area (Å²) in [6.07, 6.45) is 2.54. The van der Waals surface area contributed by atoms with E-state index in [9.17, 15) is 9.90 Å². The molecule has 5 nitrogen and oxygen atoms in total. The van der Waals surface area contributed by atoms with E-state index < -0.39 is 0 Å². The number of carbonyl (C=O) groups excluding carboxylic acids is 1. The van der Waals surface area contributed by atoms with E-state index in [2.05, 4.69) is 0 Å². The predicted octanol–water partition coefficient (Wildman–Crippen LogP) is 2.58. The van der Waals surface area contributed by atoms with Gasteiger partial charge in [-0.05, 0) is 37.8 Å². The molecule has 1 aliphatic heterocycles. The summed E-state index contributed by atoms with van der Waals surface area (Å²) < 4.78 is 11.5. The number of para-hydroxylation sites is 1. The fraction of sp³-hybridized carbons (Fsp3) is 0.500. The highest BCUT2D eigenvalue weighted by molar-refractivity contribution is 5.96. The van der Waals surface area contributed by atoms with E-state index in [0.29, 0.717) is 18.7 Å². The van der Waals surface area contributed by atoms with Gasteiger partial charge in [-0.1, -0.05) is 18.2 Å². The molecule has 2 fully saturated rings. The summed E-state index contributed by atoms with van der Waals surface area (Å²) in [6, 6.07) is 9.32. The second kappa shape index (κ2) is 5.35. The molecule has 1 aromatic heterocycles. The summed E-state index contributed by atoms with van der Waals surface area (Å²) >= 11 is 0. The summed E-state index contributed by atoms with van der Waals surface area (Å²) in [6.45, 7) is 0.640. The van der Waals surface area contributed by atoms with Gasteiger partial charge in [-0.3, -0.25) is 4.79 Å². The van der Waals surface area contributed by atoms with Crippen molar-refractivity contribution in [2.45, 2.75) is 43.4 Å². The van der Waals surface area contributed by atoms with Crippen LogP contribution in [0.2, 0.25) is 0 Å². The average molecular weight is 315 g/mol. The van der Waals surface area contributed by atoms with Gasteiger partial charge in [0.05, 0.1) is 17.7 Å². The smallest absolute Gasteiger partial charge is 0.289 e. The average Bonchev–Trinajstić information content (AvgIpc) is 3.16. The molecule has 3 atom stereocenters. The molecule has 2 aromatic rings. The molecule has 1 aromatic carbocycles. The van der Waals surface area contributed by atoms with E-state index in [1.807, 2.05) is 29.2 Å². The van der Waals surface area contributed by atoms with Crippen LogP contribution in [-0.2, 0) is 4.74 Å². The van der Waals surface area contributed by atoms with E-state index in [0.717, 1.165) is 30.2 Å². The Morgan fingerprint density at radius 2 is 2.22 bits per heavy atom. The number of amides is 1. The third-order valence-electron chi connectivity index (χ3n) is 5.46. The second-order valence-electron chi connectivity index (χ2n) is 6.61. The van der Waals surface area contributed by atoms with Crippen LogP contribution in [0.5, 0.6) is 0 Å². The molecule has 1 saturated carbocycles. The number of hydrogen-bond donors (Lipinski definition) is 1. The molecule has 0 radical (unpaired) electrons. The van der Waals surface area contributed by atoms with Crippen LogP contribution in [0.15, 0.2) is 34.7 Å². The quantitative estimate of drug-likeness (QED) is 0.925. The molecule has 0 spiro atoms. The first kappa shape index (κ1) is 14.7. The van der Waals surface area contributed by atoms with Crippen molar-refractivity contribution in [1.29, 1.82) is 0 Å². The number of fused-ring (bicyclic) bond motifs is 2. The maximum atomic E-state index is 12.9. The molecular weight excluding hydrogens is 294 g/mol. The van der Waals surface area contributed by atoms with E-state index >= 15 is 0 Å². The lowest BCUT2D eigenvalue weighted by atomic mass is 9.79. The van der Waals surface area contributed by atoms with E-state index in [1.165, 1.54) is 0 Å². The zero-order valence-corrected chi connectivity index (χ0v) is 13.2. The lowest BCUT2D eigenvalue weighted by Crippen LogP contribution is -2.52. The summed E-state index contributed by atoms with van der Waals surface area (Å²) in [5.41, 5.74) is 0.401. The first-order chi connectivity index (χ1) is 11.1. The number of ether oxygens (including phenoxy) is 1. The maximum absolute atomic E-state index is 12.9. The number of aliphatic hydroxyl groups excluding tert-OH is 1.